The van der Waals surface area contributed by atoms with E-state index < -0.39 is 16.8 Å². The van der Waals surface area contributed by atoms with Gasteiger partial charge in [-0.3, -0.25) is 4.79 Å². The van der Waals surface area contributed by atoms with Gasteiger partial charge in [0.25, 0.3) is 0 Å². The quantitative estimate of drug-likeness (QED) is 0.446. The fraction of sp³-hybridized carbons (Fsp3) is 0.667. The molecule has 9 heavy (non-hydrogen) atoms. The van der Waals surface area contributed by atoms with Crippen molar-refractivity contribution in [2.24, 2.45) is 0 Å². The number of hydrogen-bond donors (Lipinski definition) is 0. The third-order valence-corrected chi connectivity index (χ3v) is 1.26. The Morgan fingerprint density at radius 1 is 1.44 bits per heavy atom. The van der Waals surface area contributed by atoms with Crippen LogP contribution in [0.5, 0.6) is 0 Å². The van der Waals surface area contributed by atoms with Gasteiger partial charge in [-0.25, -0.2) is 0 Å². The van der Waals surface area contributed by atoms with Gasteiger partial charge < -0.3 is 0 Å². The van der Waals surface area contributed by atoms with Gasteiger partial charge in [0.05, 0.1) is 0 Å². The highest BCUT2D eigenvalue weighted by atomic mass is 35.5. The van der Waals surface area contributed by atoms with Crippen LogP contribution in [-0.4, -0.2) is 16.8 Å². The summed E-state index contributed by atoms with van der Waals surface area (Å²) in [7, 11) is 0. The minimum absolute atomic E-state index is 1.61. The topological polar surface area (TPSA) is 17.1 Å². The summed E-state index contributed by atoms with van der Waals surface area (Å²) in [6, 6.07) is 0. The molecule has 0 saturated carbocycles. The lowest BCUT2D eigenvalue weighted by atomic mass is 10.4. The summed E-state index contributed by atoms with van der Waals surface area (Å²) in [5.41, 5.74) is 0. The van der Waals surface area contributed by atoms with Crippen molar-refractivity contribution in [3.05, 3.63) is 0 Å². The molecule has 0 saturated heterocycles. The molecule has 0 heterocycles. The van der Waals surface area contributed by atoms with E-state index in [1.807, 2.05) is 0 Å². The van der Waals surface area contributed by atoms with Crippen LogP contribution in [0.25, 0.3) is 0 Å². The second kappa shape index (κ2) is 2.75. The first kappa shape index (κ1) is 9.04. The Morgan fingerprint density at radius 2 is 1.78 bits per heavy atom. The molecule has 0 N–H and O–H groups in total. The normalized spacial score (nSPS) is 15.2. The van der Waals surface area contributed by atoms with Crippen LogP contribution >= 0.6 is 23.2 Å². The van der Waals surface area contributed by atoms with Crippen LogP contribution in [0.3, 0.4) is 0 Å². The minimum Gasteiger partial charge on any atom is -0.279 e. The minimum atomic E-state index is -4.74. The summed E-state index contributed by atoms with van der Waals surface area (Å²) >= 11 is 8.91. The molecule has 0 aromatic rings. The Kier molecular flexibility index (Phi) is 2.76. The molecule has 0 aromatic heterocycles. The highest BCUT2D eigenvalue weighted by Crippen LogP contribution is 2.26. The highest BCUT2D eigenvalue weighted by Gasteiger charge is 2.42. The van der Waals surface area contributed by atoms with E-state index in [0.29, 0.717) is 0 Å². The van der Waals surface area contributed by atoms with Gasteiger partial charge in [-0.05, 0) is 11.6 Å². The fourth-order valence-corrected chi connectivity index (χ4v) is 0.252. The monoisotopic (exact) mass is 180 g/mol. The lowest BCUT2D eigenvalue weighted by Crippen LogP contribution is -2.28. The Bertz CT molecular complexity index is 121. The SMILES string of the molecule is O=C(Cl)C(Cl)C(F)(F)F. The molecule has 6 heteroatoms. The Labute approximate surface area is 58.7 Å². The van der Waals surface area contributed by atoms with Crippen LogP contribution < -0.4 is 0 Å². The van der Waals surface area contributed by atoms with Crippen LogP contribution in [-0.2, 0) is 4.79 Å². The molecular formula is C3HCl2F3O. The van der Waals surface area contributed by atoms with E-state index in [9.17, 15) is 18.0 Å². The summed E-state index contributed by atoms with van der Waals surface area (Å²) in [6.45, 7) is 0. The summed E-state index contributed by atoms with van der Waals surface area (Å²) in [5.74, 6) is 0. The zero-order valence-corrected chi connectivity index (χ0v) is 5.39. The van der Waals surface area contributed by atoms with Gasteiger partial charge in [-0.2, -0.15) is 13.2 Å². The molecule has 0 fully saturated rings. The number of halogens is 5. The average Bonchev–Trinajstić information content (AvgIpc) is 1.62. The van der Waals surface area contributed by atoms with Crippen LogP contribution in [0.2, 0.25) is 0 Å². The van der Waals surface area contributed by atoms with E-state index in [1.54, 1.807) is 0 Å². The van der Waals surface area contributed by atoms with E-state index in [4.69, 9.17) is 0 Å². The number of rotatable bonds is 1. The maximum absolute atomic E-state index is 11.3. The lowest BCUT2D eigenvalue weighted by molar-refractivity contribution is -0.144. The van der Waals surface area contributed by atoms with Gasteiger partial charge in [0.1, 0.15) is 0 Å². The Hall–Kier alpha value is 0.0400. The van der Waals surface area contributed by atoms with Gasteiger partial charge in [-0.1, -0.05) is 0 Å². The third-order valence-electron chi connectivity index (χ3n) is 0.487. The van der Waals surface area contributed by atoms with Crippen LogP contribution in [0.15, 0.2) is 0 Å². The predicted molar refractivity (Wildman–Crippen MR) is 26.6 cm³/mol. The van der Waals surface area contributed by atoms with Crippen molar-refractivity contribution in [1.82, 2.24) is 0 Å². The first-order chi connectivity index (χ1) is 3.85. The second-order valence-corrected chi connectivity index (χ2v) is 2.02. The molecule has 0 amide bonds. The van der Waals surface area contributed by atoms with Crippen LogP contribution in [0.4, 0.5) is 13.2 Å². The molecule has 1 unspecified atom stereocenters. The molecule has 0 aromatic carbocycles. The van der Waals surface area contributed by atoms with Gasteiger partial charge in [-0.15, -0.1) is 11.6 Å². The zero-order chi connectivity index (χ0) is 7.65. The van der Waals surface area contributed by atoms with E-state index in [-0.39, 0.29) is 0 Å². The van der Waals surface area contributed by atoms with Crippen molar-refractivity contribution < 1.29 is 18.0 Å². The average molecular weight is 181 g/mol. The summed E-state index contributed by atoms with van der Waals surface area (Å²) in [4.78, 5) is 9.70. The van der Waals surface area contributed by atoms with E-state index >= 15 is 0 Å². The Morgan fingerprint density at radius 3 is 1.78 bits per heavy atom. The number of alkyl halides is 4. The van der Waals surface area contributed by atoms with E-state index in [2.05, 4.69) is 23.2 Å². The molecule has 0 aliphatic heterocycles. The van der Waals surface area contributed by atoms with Crippen molar-refractivity contribution in [3.63, 3.8) is 0 Å². The van der Waals surface area contributed by atoms with Crippen LogP contribution in [0.1, 0.15) is 0 Å². The van der Waals surface area contributed by atoms with E-state index in [0.717, 1.165) is 0 Å². The number of carbonyl (C=O) groups excluding carboxylic acids is 1. The van der Waals surface area contributed by atoms with Crippen molar-refractivity contribution in [3.8, 4) is 0 Å². The molecule has 0 rings (SSSR count). The van der Waals surface area contributed by atoms with E-state index in [1.165, 1.54) is 0 Å². The first-order valence-corrected chi connectivity index (χ1v) is 2.57. The summed E-state index contributed by atoms with van der Waals surface area (Å²) in [5, 5.41) is -4.19. The van der Waals surface area contributed by atoms with Gasteiger partial charge in [0, 0.05) is 0 Å². The van der Waals surface area contributed by atoms with Crippen molar-refractivity contribution in [1.29, 1.82) is 0 Å². The maximum atomic E-state index is 11.3. The standard InChI is InChI=1S/C3HCl2F3O/c4-1(2(5)9)3(6,7)8/h1H. The molecular weight excluding hydrogens is 180 g/mol. The largest absolute Gasteiger partial charge is 0.413 e. The molecule has 0 aliphatic rings. The van der Waals surface area contributed by atoms with Gasteiger partial charge >= 0.3 is 6.18 Å². The predicted octanol–water partition coefficient (Wildman–Crippen LogP) is 1.92. The highest BCUT2D eigenvalue weighted by molar-refractivity contribution is 6.69. The third kappa shape index (κ3) is 2.91. The maximum Gasteiger partial charge on any atom is 0.413 e. The molecule has 54 valence electrons. The summed E-state index contributed by atoms with van der Waals surface area (Å²) < 4.78 is 33.8. The van der Waals surface area contributed by atoms with Gasteiger partial charge in [0.2, 0.25) is 10.6 Å². The smallest absolute Gasteiger partial charge is 0.279 e. The van der Waals surface area contributed by atoms with Gasteiger partial charge in [0.15, 0.2) is 0 Å². The lowest BCUT2D eigenvalue weighted by Gasteiger charge is -2.07. The molecule has 0 bridgehead atoms. The molecule has 0 spiro atoms. The first-order valence-electron chi connectivity index (χ1n) is 1.76. The van der Waals surface area contributed by atoms with Crippen molar-refractivity contribution in [2.45, 2.75) is 11.6 Å². The second-order valence-electron chi connectivity index (χ2n) is 1.21. The number of carbonyl (C=O) groups is 1. The molecule has 1 nitrogen and oxygen atoms in total. The fourth-order valence-electron chi connectivity index (χ4n) is 0.129. The Balaban J connectivity index is 4.04. The van der Waals surface area contributed by atoms with Crippen molar-refractivity contribution >= 4 is 28.4 Å². The molecule has 1 atom stereocenters. The van der Waals surface area contributed by atoms with Crippen molar-refractivity contribution in [2.75, 3.05) is 0 Å². The zero-order valence-electron chi connectivity index (χ0n) is 3.88. The summed E-state index contributed by atoms with van der Waals surface area (Å²) in [6.07, 6.45) is -4.74. The number of hydrogen-bond acceptors (Lipinski definition) is 1. The van der Waals surface area contributed by atoms with Crippen LogP contribution in [0, 0.1) is 0 Å². The molecule has 0 radical (unpaired) electrons. The molecule has 0 aliphatic carbocycles.